The molecule has 0 radical (unpaired) electrons. The molecule has 0 saturated heterocycles. The normalized spacial score (nSPS) is 11.3. The third kappa shape index (κ3) is 2.47. The maximum absolute atomic E-state index is 13.7. The van der Waals surface area contributed by atoms with Crippen molar-refractivity contribution in [2.45, 2.75) is 19.4 Å². The molecule has 0 aliphatic rings. The Morgan fingerprint density at radius 2 is 1.70 bits per heavy atom. The number of hydrogen-bond acceptors (Lipinski definition) is 2. The molecule has 0 fully saturated rings. The topological polar surface area (TPSA) is 66.4 Å². The molecular formula is C15H14FNO3. The number of amides is 1. The maximum Gasteiger partial charge on any atom is 0.328 e. The largest absolute Gasteiger partial charge is 0.480 e. The van der Waals surface area contributed by atoms with E-state index < -0.39 is 23.2 Å². The van der Waals surface area contributed by atoms with Crippen LogP contribution in [0.2, 0.25) is 0 Å². The molecule has 0 aliphatic carbocycles. The Hall–Kier alpha value is -2.43. The van der Waals surface area contributed by atoms with E-state index in [1.54, 1.807) is 24.3 Å². The smallest absolute Gasteiger partial charge is 0.328 e. The molecule has 0 heterocycles. The van der Waals surface area contributed by atoms with Crippen LogP contribution in [0.1, 0.15) is 24.2 Å². The standard InChI is InChI=1S/C15H14FNO3/c1-15(2,14(19)20)17-13(18)11-7-8-12(16)10-6-4-3-5-9(10)11/h3-8H,1-2H3,(H,17,18)(H,19,20). The van der Waals surface area contributed by atoms with Crippen LogP contribution in [0.3, 0.4) is 0 Å². The number of carboxylic acids is 1. The highest BCUT2D eigenvalue weighted by Gasteiger charge is 2.29. The van der Waals surface area contributed by atoms with E-state index in [2.05, 4.69) is 5.32 Å². The number of carboxylic acid groups (broad SMARTS) is 1. The fourth-order valence-corrected chi connectivity index (χ4v) is 1.86. The Morgan fingerprint density at radius 3 is 2.30 bits per heavy atom. The Kier molecular flexibility index (Phi) is 3.44. The Labute approximate surface area is 115 Å². The first-order valence-corrected chi connectivity index (χ1v) is 6.06. The summed E-state index contributed by atoms with van der Waals surface area (Å²) in [5.41, 5.74) is -1.15. The summed E-state index contributed by atoms with van der Waals surface area (Å²) in [7, 11) is 0. The van der Waals surface area contributed by atoms with Crippen molar-refractivity contribution < 1.29 is 19.1 Å². The summed E-state index contributed by atoms with van der Waals surface area (Å²) in [6, 6.07) is 9.12. The van der Waals surface area contributed by atoms with Gasteiger partial charge in [0.2, 0.25) is 0 Å². The molecule has 0 aliphatic heterocycles. The van der Waals surface area contributed by atoms with Gasteiger partial charge in [-0.05, 0) is 31.4 Å². The molecule has 0 unspecified atom stereocenters. The Morgan fingerprint density at radius 1 is 1.10 bits per heavy atom. The summed E-state index contributed by atoms with van der Waals surface area (Å²) in [5.74, 6) is -2.11. The molecule has 20 heavy (non-hydrogen) atoms. The SMILES string of the molecule is CC(C)(NC(=O)c1ccc(F)c2ccccc12)C(=O)O. The lowest BCUT2D eigenvalue weighted by molar-refractivity contribution is -0.143. The third-order valence-corrected chi connectivity index (χ3v) is 3.08. The van der Waals surface area contributed by atoms with Crippen molar-refractivity contribution in [2.75, 3.05) is 0 Å². The Bertz CT molecular complexity index is 695. The lowest BCUT2D eigenvalue weighted by Crippen LogP contribution is -2.49. The minimum atomic E-state index is -1.40. The lowest BCUT2D eigenvalue weighted by atomic mass is 10.0. The second kappa shape index (κ2) is 4.92. The quantitative estimate of drug-likeness (QED) is 0.904. The Balaban J connectivity index is 2.46. The van der Waals surface area contributed by atoms with E-state index >= 15 is 0 Å². The highest BCUT2D eigenvalue weighted by Crippen LogP contribution is 2.22. The molecule has 2 aromatic rings. The van der Waals surface area contributed by atoms with Gasteiger partial charge < -0.3 is 10.4 Å². The van der Waals surface area contributed by atoms with E-state index in [-0.39, 0.29) is 5.56 Å². The third-order valence-electron chi connectivity index (χ3n) is 3.08. The number of carbonyl (C=O) groups excluding carboxylic acids is 1. The minimum Gasteiger partial charge on any atom is -0.480 e. The first kappa shape index (κ1) is 14.0. The molecule has 2 rings (SSSR count). The second-order valence-electron chi connectivity index (χ2n) is 5.02. The maximum atomic E-state index is 13.7. The molecule has 0 saturated carbocycles. The van der Waals surface area contributed by atoms with Crippen LogP contribution in [0, 0.1) is 5.82 Å². The van der Waals surface area contributed by atoms with E-state index in [9.17, 15) is 14.0 Å². The van der Waals surface area contributed by atoms with Gasteiger partial charge in [0, 0.05) is 10.9 Å². The van der Waals surface area contributed by atoms with Crippen molar-refractivity contribution in [3.63, 3.8) is 0 Å². The van der Waals surface area contributed by atoms with Gasteiger partial charge >= 0.3 is 5.97 Å². The van der Waals surface area contributed by atoms with Gasteiger partial charge in [-0.3, -0.25) is 4.79 Å². The highest BCUT2D eigenvalue weighted by molar-refractivity contribution is 6.08. The average Bonchev–Trinajstić information content (AvgIpc) is 2.38. The van der Waals surface area contributed by atoms with E-state index in [0.29, 0.717) is 10.8 Å². The van der Waals surface area contributed by atoms with E-state index in [4.69, 9.17) is 5.11 Å². The van der Waals surface area contributed by atoms with Crippen molar-refractivity contribution in [1.29, 1.82) is 0 Å². The number of fused-ring (bicyclic) bond motifs is 1. The van der Waals surface area contributed by atoms with Gasteiger partial charge in [0.05, 0.1) is 0 Å². The summed E-state index contributed by atoms with van der Waals surface area (Å²) >= 11 is 0. The number of aliphatic carboxylic acids is 1. The lowest BCUT2D eigenvalue weighted by Gasteiger charge is -2.21. The predicted molar refractivity (Wildman–Crippen MR) is 73.1 cm³/mol. The molecule has 0 spiro atoms. The molecule has 4 nitrogen and oxygen atoms in total. The van der Waals surface area contributed by atoms with Crippen molar-refractivity contribution >= 4 is 22.6 Å². The van der Waals surface area contributed by atoms with Crippen LogP contribution in [0.15, 0.2) is 36.4 Å². The predicted octanol–water partition coefficient (Wildman–Crippen LogP) is 2.57. The first-order valence-electron chi connectivity index (χ1n) is 6.06. The minimum absolute atomic E-state index is 0.247. The zero-order valence-electron chi connectivity index (χ0n) is 11.1. The van der Waals surface area contributed by atoms with Crippen LogP contribution < -0.4 is 5.32 Å². The van der Waals surface area contributed by atoms with Crippen LogP contribution >= 0.6 is 0 Å². The number of halogens is 1. The number of nitrogens with one attached hydrogen (secondary N) is 1. The molecule has 0 aromatic heterocycles. The molecule has 104 valence electrons. The number of hydrogen-bond donors (Lipinski definition) is 2. The number of rotatable bonds is 3. The van der Waals surface area contributed by atoms with Crippen molar-refractivity contribution in [3.8, 4) is 0 Å². The molecule has 0 bridgehead atoms. The van der Waals surface area contributed by atoms with Gasteiger partial charge in [0.15, 0.2) is 0 Å². The summed E-state index contributed by atoms with van der Waals surface area (Å²) < 4.78 is 13.7. The van der Waals surface area contributed by atoms with Gasteiger partial charge in [0.25, 0.3) is 5.91 Å². The van der Waals surface area contributed by atoms with Crippen molar-refractivity contribution in [3.05, 3.63) is 47.8 Å². The summed E-state index contributed by atoms with van der Waals surface area (Å²) in [6.07, 6.45) is 0. The number of carbonyl (C=O) groups is 2. The molecular weight excluding hydrogens is 261 g/mol. The van der Waals surface area contributed by atoms with Gasteiger partial charge in [-0.2, -0.15) is 0 Å². The summed E-state index contributed by atoms with van der Waals surface area (Å²) in [6.45, 7) is 2.78. The number of benzene rings is 2. The van der Waals surface area contributed by atoms with Crippen LogP contribution in [0.25, 0.3) is 10.8 Å². The molecule has 2 aromatic carbocycles. The van der Waals surface area contributed by atoms with E-state index in [1.165, 1.54) is 26.0 Å². The fourth-order valence-electron chi connectivity index (χ4n) is 1.86. The highest BCUT2D eigenvalue weighted by atomic mass is 19.1. The zero-order valence-corrected chi connectivity index (χ0v) is 11.1. The van der Waals surface area contributed by atoms with Gasteiger partial charge in [0.1, 0.15) is 11.4 Å². The molecule has 1 amide bonds. The molecule has 2 N–H and O–H groups in total. The first-order chi connectivity index (χ1) is 9.33. The van der Waals surface area contributed by atoms with Crippen LogP contribution in [-0.4, -0.2) is 22.5 Å². The average molecular weight is 275 g/mol. The van der Waals surface area contributed by atoms with E-state index in [0.717, 1.165) is 0 Å². The van der Waals surface area contributed by atoms with E-state index in [1.807, 2.05) is 0 Å². The fraction of sp³-hybridized carbons (Fsp3) is 0.200. The van der Waals surface area contributed by atoms with Gasteiger partial charge in [-0.15, -0.1) is 0 Å². The molecule has 0 atom stereocenters. The zero-order chi connectivity index (χ0) is 14.9. The van der Waals surface area contributed by atoms with Crippen LogP contribution in [0.4, 0.5) is 4.39 Å². The van der Waals surface area contributed by atoms with Crippen LogP contribution in [-0.2, 0) is 4.79 Å². The monoisotopic (exact) mass is 275 g/mol. The van der Waals surface area contributed by atoms with Crippen LogP contribution in [0.5, 0.6) is 0 Å². The second-order valence-corrected chi connectivity index (χ2v) is 5.02. The van der Waals surface area contributed by atoms with Gasteiger partial charge in [-0.1, -0.05) is 24.3 Å². The molecule has 5 heteroatoms. The van der Waals surface area contributed by atoms with Crippen molar-refractivity contribution in [1.82, 2.24) is 5.32 Å². The summed E-state index contributed by atoms with van der Waals surface area (Å²) in [4.78, 5) is 23.2. The van der Waals surface area contributed by atoms with Gasteiger partial charge in [-0.25, -0.2) is 9.18 Å². The summed E-state index contributed by atoms with van der Waals surface area (Å²) in [5, 5.41) is 12.2. The van der Waals surface area contributed by atoms with Crippen molar-refractivity contribution in [2.24, 2.45) is 0 Å².